The zero-order chi connectivity index (χ0) is 19.2. The number of phenols is 4. The van der Waals surface area contributed by atoms with Crippen molar-refractivity contribution in [2.24, 2.45) is 0 Å². The summed E-state index contributed by atoms with van der Waals surface area (Å²) in [7, 11) is 0. The molecule has 0 aliphatic carbocycles. The highest BCUT2D eigenvalue weighted by Gasteiger charge is 2.18. The SMILES string of the molecule is Cc1cc(-c2[c]cc(-c3cc(C)c(O)cc3C)c(O)c2O)c(C)cc1O. The van der Waals surface area contributed by atoms with Crippen LogP contribution < -0.4 is 0 Å². The molecule has 26 heavy (non-hydrogen) atoms. The van der Waals surface area contributed by atoms with E-state index in [1.165, 1.54) is 0 Å². The zero-order valence-electron chi connectivity index (χ0n) is 15.2. The Morgan fingerprint density at radius 1 is 0.577 bits per heavy atom. The minimum absolute atomic E-state index is 0.182. The predicted molar refractivity (Wildman–Crippen MR) is 102 cm³/mol. The second kappa shape index (κ2) is 6.30. The van der Waals surface area contributed by atoms with E-state index in [9.17, 15) is 20.4 Å². The van der Waals surface area contributed by atoms with Crippen molar-refractivity contribution < 1.29 is 20.4 Å². The molecule has 0 aliphatic heterocycles. The predicted octanol–water partition coefficient (Wildman–Crippen LogP) is 4.88. The highest BCUT2D eigenvalue weighted by atomic mass is 16.3. The van der Waals surface area contributed by atoms with Crippen LogP contribution in [0.2, 0.25) is 0 Å². The van der Waals surface area contributed by atoms with Crippen LogP contribution in [0.3, 0.4) is 0 Å². The summed E-state index contributed by atoms with van der Waals surface area (Å²) in [5.41, 5.74) is 5.13. The van der Waals surface area contributed by atoms with E-state index in [-0.39, 0.29) is 23.0 Å². The standard InChI is InChI=1S/C22H21O4/c1-11-9-19(23)13(3)7-17(11)15-5-6-16(22(26)21(15)25)18-8-14(4)20(24)10-12(18)2/h5,7-10,23-26H,1-4H3. The largest absolute Gasteiger partial charge is 0.508 e. The van der Waals surface area contributed by atoms with Gasteiger partial charge in [-0.3, -0.25) is 0 Å². The maximum absolute atomic E-state index is 10.6. The van der Waals surface area contributed by atoms with Crippen LogP contribution in [0.25, 0.3) is 22.3 Å². The van der Waals surface area contributed by atoms with Gasteiger partial charge in [0, 0.05) is 11.1 Å². The molecule has 0 fully saturated rings. The highest BCUT2D eigenvalue weighted by molar-refractivity contribution is 5.84. The zero-order valence-corrected chi connectivity index (χ0v) is 15.2. The van der Waals surface area contributed by atoms with Crippen molar-refractivity contribution in [3.63, 3.8) is 0 Å². The third-order valence-electron chi connectivity index (χ3n) is 4.72. The van der Waals surface area contributed by atoms with Crippen molar-refractivity contribution in [2.75, 3.05) is 0 Å². The molecule has 0 heterocycles. The van der Waals surface area contributed by atoms with Gasteiger partial charge in [0.15, 0.2) is 11.5 Å². The van der Waals surface area contributed by atoms with Gasteiger partial charge in [-0.15, -0.1) is 0 Å². The first kappa shape index (κ1) is 17.7. The van der Waals surface area contributed by atoms with Crippen molar-refractivity contribution in [1.29, 1.82) is 0 Å². The topological polar surface area (TPSA) is 80.9 Å². The van der Waals surface area contributed by atoms with Crippen LogP contribution in [0.5, 0.6) is 23.0 Å². The van der Waals surface area contributed by atoms with Gasteiger partial charge in [-0.2, -0.15) is 0 Å². The van der Waals surface area contributed by atoms with Crippen LogP contribution in [-0.2, 0) is 0 Å². The van der Waals surface area contributed by atoms with Gasteiger partial charge in [0.1, 0.15) is 11.5 Å². The van der Waals surface area contributed by atoms with E-state index in [1.54, 1.807) is 44.2 Å². The Labute approximate surface area is 152 Å². The molecule has 3 rings (SSSR count). The average Bonchev–Trinajstić information content (AvgIpc) is 2.57. The summed E-state index contributed by atoms with van der Waals surface area (Å²) < 4.78 is 0. The number of aromatic hydroxyl groups is 4. The molecule has 0 amide bonds. The van der Waals surface area contributed by atoms with E-state index in [0.717, 1.165) is 16.7 Å². The lowest BCUT2D eigenvalue weighted by Crippen LogP contribution is -1.91. The second-order valence-electron chi connectivity index (χ2n) is 6.68. The average molecular weight is 349 g/mol. The maximum Gasteiger partial charge on any atom is 0.166 e. The Morgan fingerprint density at radius 2 is 1.08 bits per heavy atom. The molecule has 0 saturated heterocycles. The minimum Gasteiger partial charge on any atom is -0.508 e. The Bertz CT molecular complexity index is 937. The molecule has 4 N–H and O–H groups in total. The van der Waals surface area contributed by atoms with Crippen molar-refractivity contribution in [3.05, 3.63) is 58.7 Å². The Morgan fingerprint density at radius 3 is 1.65 bits per heavy atom. The van der Waals surface area contributed by atoms with Gasteiger partial charge in [0.2, 0.25) is 0 Å². The summed E-state index contributed by atoms with van der Waals surface area (Å²) >= 11 is 0. The van der Waals surface area contributed by atoms with Gasteiger partial charge in [-0.05, 0) is 97.5 Å². The smallest absolute Gasteiger partial charge is 0.166 e. The molecule has 4 nitrogen and oxygen atoms in total. The number of phenolic OH excluding ortho intramolecular Hbond substituents is 4. The number of benzene rings is 3. The van der Waals surface area contributed by atoms with E-state index in [0.29, 0.717) is 27.8 Å². The number of aryl methyl sites for hydroxylation is 4. The number of rotatable bonds is 2. The summed E-state index contributed by atoms with van der Waals surface area (Å²) in [6, 6.07) is 11.5. The van der Waals surface area contributed by atoms with E-state index in [1.807, 2.05) is 13.8 Å². The Balaban J connectivity index is 2.20. The van der Waals surface area contributed by atoms with Crippen LogP contribution in [-0.4, -0.2) is 20.4 Å². The molecule has 0 spiro atoms. The van der Waals surface area contributed by atoms with Crippen molar-refractivity contribution in [1.82, 2.24) is 0 Å². The molecule has 133 valence electrons. The third-order valence-corrected chi connectivity index (χ3v) is 4.72. The van der Waals surface area contributed by atoms with Gasteiger partial charge in [0.25, 0.3) is 0 Å². The van der Waals surface area contributed by atoms with Gasteiger partial charge in [-0.1, -0.05) is 0 Å². The molecule has 3 aromatic rings. The Kier molecular flexibility index (Phi) is 4.28. The first-order valence-electron chi connectivity index (χ1n) is 8.28. The lowest BCUT2D eigenvalue weighted by atomic mass is 9.92. The molecule has 0 unspecified atom stereocenters. The molecule has 3 aromatic carbocycles. The van der Waals surface area contributed by atoms with Crippen LogP contribution in [0, 0.1) is 33.8 Å². The minimum atomic E-state index is -0.263. The van der Waals surface area contributed by atoms with Crippen molar-refractivity contribution in [3.8, 4) is 45.3 Å². The fourth-order valence-electron chi connectivity index (χ4n) is 3.10. The first-order valence-corrected chi connectivity index (χ1v) is 8.28. The summed E-state index contributed by atoms with van der Waals surface area (Å²) in [4.78, 5) is 0. The molecule has 0 bridgehead atoms. The molecule has 0 aliphatic rings. The van der Waals surface area contributed by atoms with Crippen molar-refractivity contribution in [2.45, 2.75) is 27.7 Å². The van der Waals surface area contributed by atoms with Crippen LogP contribution in [0.4, 0.5) is 0 Å². The van der Waals surface area contributed by atoms with Gasteiger partial charge >= 0.3 is 0 Å². The lowest BCUT2D eigenvalue weighted by Gasteiger charge is -2.15. The van der Waals surface area contributed by atoms with Gasteiger partial charge in [-0.25, -0.2) is 0 Å². The van der Waals surface area contributed by atoms with Gasteiger partial charge < -0.3 is 20.4 Å². The fourth-order valence-corrected chi connectivity index (χ4v) is 3.10. The number of hydrogen-bond donors (Lipinski definition) is 4. The molecular formula is C22H21O4. The first-order chi connectivity index (χ1) is 12.2. The van der Waals surface area contributed by atoms with Crippen LogP contribution in [0.1, 0.15) is 22.3 Å². The molecule has 0 saturated carbocycles. The van der Waals surface area contributed by atoms with Crippen LogP contribution in [0.15, 0.2) is 30.3 Å². The molecule has 1 radical (unpaired) electrons. The van der Waals surface area contributed by atoms with E-state index < -0.39 is 0 Å². The highest BCUT2D eigenvalue weighted by Crippen LogP contribution is 2.45. The molecule has 4 heteroatoms. The summed E-state index contributed by atoms with van der Waals surface area (Å²) in [6.45, 7) is 7.19. The lowest BCUT2D eigenvalue weighted by molar-refractivity contribution is 0.406. The summed E-state index contributed by atoms with van der Waals surface area (Å²) in [6.07, 6.45) is 0. The van der Waals surface area contributed by atoms with E-state index in [2.05, 4.69) is 6.07 Å². The van der Waals surface area contributed by atoms with Gasteiger partial charge in [0.05, 0.1) is 0 Å². The molecular weight excluding hydrogens is 328 g/mol. The van der Waals surface area contributed by atoms with E-state index >= 15 is 0 Å². The summed E-state index contributed by atoms with van der Waals surface area (Å²) in [5.74, 6) is -0.134. The monoisotopic (exact) mass is 349 g/mol. The molecule has 0 atom stereocenters. The normalized spacial score (nSPS) is 10.9. The summed E-state index contributed by atoms with van der Waals surface area (Å²) in [5, 5.41) is 40.9. The number of hydrogen-bond acceptors (Lipinski definition) is 4. The maximum atomic E-state index is 10.6. The molecule has 0 aromatic heterocycles. The van der Waals surface area contributed by atoms with Crippen LogP contribution >= 0.6 is 0 Å². The second-order valence-corrected chi connectivity index (χ2v) is 6.68. The fraction of sp³-hybridized carbons (Fsp3) is 0.182. The quantitative estimate of drug-likeness (QED) is 0.497. The van der Waals surface area contributed by atoms with E-state index in [4.69, 9.17) is 0 Å². The Hall–Kier alpha value is -3.14. The third kappa shape index (κ3) is 2.84. The van der Waals surface area contributed by atoms with Crippen molar-refractivity contribution >= 4 is 0 Å².